The average molecular weight is 269 g/mol. The number of hydrogen-bond donors (Lipinski definition) is 2. The molecule has 0 aromatic carbocycles. The summed E-state index contributed by atoms with van der Waals surface area (Å²) in [7, 11) is 0. The van der Waals surface area contributed by atoms with Crippen molar-refractivity contribution in [2.45, 2.75) is 20.1 Å². The zero-order valence-corrected chi connectivity index (χ0v) is 11.5. The molecule has 0 amide bonds. The van der Waals surface area contributed by atoms with Gasteiger partial charge in [-0.3, -0.25) is 0 Å². The lowest BCUT2D eigenvalue weighted by atomic mass is 10.5. The van der Waals surface area contributed by atoms with E-state index in [0.29, 0.717) is 30.7 Å². The normalized spacial score (nSPS) is 10.4. The maximum atomic E-state index is 5.40. The first-order valence-electron chi connectivity index (χ1n) is 5.95. The molecule has 1 rings (SSSR count). The number of aromatic nitrogens is 1. The smallest absolute Gasteiger partial charge is 0.174 e. The quantitative estimate of drug-likeness (QED) is 0.581. The van der Waals surface area contributed by atoms with E-state index in [2.05, 4.69) is 15.6 Å². The van der Waals surface area contributed by atoms with E-state index in [-0.39, 0.29) is 6.29 Å². The number of nitrogens with zero attached hydrogens (tertiary/aromatic N) is 1. The summed E-state index contributed by atoms with van der Waals surface area (Å²) in [5.74, 6) is 0.708. The summed E-state index contributed by atoms with van der Waals surface area (Å²) >= 11 is 5.15. The molecule has 5 nitrogen and oxygen atoms in total. The number of rotatable bonds is 7. The SMILES string of the molecule is CCOC(CNC(=S)Nc1ccccn1)OCC. The Hall–Kier alpha value is -1.24. The van der Waals surface area contributed by atoms with Gasteiger partial charge in [0.15, 0.2) is 11.4 Å². The maximum Gasteiger partial charge on any atom is 0.174 e. The van der Waals surface area contributed by atoms with E-state index in [1.807, 2.05) is 32.0 Å². The molecule has 18 heavy (non-hydrogen) atoms. The van der Waals surface area contributed by atoms with Crippen LogP contribution in [0.15, 0.2) is 24.4 Å². The number of hydrogen-bond acceptors (Lipinski definition) is 4. The van der Waals surface area contributed by atoms with E-state index in [0.717, 1.165) is 0 Å². The number of anilines is 1. The Morgan fingerprint density at radius 1 is 1.33 bits per heavy atom. The van der Waals surface area contributed by atoms with Crippen LogP contribution in [0.2, 0.25) is 0 Å². The molecular formula is C12H19N3O2S. The van der Waals surface area contributed by atoms with Crippen LogP contribution in [0.3, 0.4) is 0 Å². The molecule has 0 saturated carbocycles. The predicted octanol–water partition coefficient (Wildman–Crippen LogP) is 1.77. The van der Waals surface area contributed by atoms with Gasteiger partial charge in [-0.25, -0.2) is 4.98 Å². The van der Waals surface area contributed by atoms with Crippen LogP contribution < -0.4 is 10.6 Å². The monoisotopic (exact) mass is 269 g/mol. The fraction of sp³-hybridized carbons (Fsp3) is 0.500. The van der Waals surface area contributed by atoms with E-state index in [4.69, 9.17) is 21.7 Å². The van der Waals surface area contributed by atoms with Crippen LogP contribution >= 0.6 is 12.2 Å². The van der Waals surface area contributed by atoms with Crippen LogP contribution in [0, 0.1) is 0 Å². The summed E-state index contributed by atoms with van der Waals surface area (Å²) in [5.41, 5.74) is 0. The summed E-state index contributed by atoms with van der Waals surface area (Å²) in [5, 5.41) is 6.51. The first-order valence-corrected chi connectivity index (χ1v) is 6.36. The lowest BCUT2D eigenvalue weighted by molar-refractivity contribution is -0.130. The topological polar surface area (TPSA) is 55.4 Å². The number of pyridine rings is 1. The highest BCUT2D eigenvalue weighted by Gasteiger charge is 2.08. The summed E-state index contributed by atoms with van der Waals surface area (Å²) < 4.78 is 10.8. The average Bonchev–Trinajstić information content (AvgIpc) is 2.38. The first-order chi connectivity index (χ1) is 8.76. The first kappa shape index (κ1) is 14.8. The molecule has 0 radical (unpaired) electrons. The van der Waals surface area contributed by atoms with Gasteiger partial charge in [-0.1, -0.05) is 6.07 Å². The van der Waals surface area contributed by atoms with E-state index in [1.54, 1.807) is 6.20 Å². The Morgan fingerprint density at radius 2 is 2.06 bits per heavy atom. The zero-order valence-electron chi connectivity index (χ0n) is 10.7. The summed E-state index contributed by atoms with van der Waals surface area (Å²) in [6.45, 7) is 5.56. The molecule has 0 unspecified atom stereocenters. The summed E-state index contributed by atoms with van der Waals surface area (Å²) in [6.07, 6.45) is 1.41. The number of ether oxygens (including phenoxy) is 2. The second-order valence-corrected chi connectivity index (χ2v) is 3.80. The van der Waals surface area contributed by atoms with Crippen molar-refractivity contribution in [1.82, 2.24) is 10.3 Å². The van der Waals surface area contributed by atoms with Crippen molar-refractivity contribution in [3.8, 4) is 0 Å². The van der Waals surface area contributed by atoms with Crippen LogP contribution in [-0.4, -0.2) is 36.1 Å². The zero-order chi connectivity index (χ0) is 13.2. The Kier molecular flexibility index (Phi) is 7.24. The third-order valence-electron chi connectivity index (χ3n) is 2.04. The Morgan fingerprint density at radius 3 is 2.61 bits per heavy atom. The van der Waals surface area contributed by atoms with Crippen molar-refractivity contribution in [2.24, 2.45) is 0 Å². The Labute approximate surface area is 113 Å². The summed E-state index contributed by atoms with van der Waals surface area (Å²) in [4.78, 5) is 4.12. The van der Waals surface area contributed by atoms with Crippen LogP contribution in [0.4, 0.5) is 5.82 Å². The third kappa shape index (κ3) is 5.90. The Balaban J connectivity index is 2.31. The minimum absolute atomic E-state index is 0.288. The van der Waals surface area contributed by atoms with Crippen molar-refractivity contribution >= 4 is 23.1 Å². The predicted molar refractivity (Wildman–Crippen MR) is 75.5 cm³/mol. The second-order valence-electron chi connectivity index (χ2n) is 3.39. The molecule has 6 heteroatoms. The molecule has 1 aromatic heterocycles. The molecule has 0 spiro atoms. The van der Waals surface area contributed by atoms with Gasteiger partial charge in [-0.2, -0.15) is 0 Å². The van der Waals surface area contributed by atoms with Crippen LogP contribution in [-0.2, 0) is 9.47 Å². The van der Waals surface area contributed by atoms with Gasteiger partial charge < -0.3 is 20.1 Å². The number of thiocarbonyl (C=S) groups is 1. The molecule has 0 saturated heterocycles. The van der Waals surface area contributed by atoms with E-state index < -0.39 is 0 Å². The van der Waals surface area contributed by atoms with Crippen molar-refractivity contribution in [3.63, 3.8) is 0 Å². The standard InChI is InChI=1S/C12H19N3O2S/c1-3-16-11(17-4-2)9-14-12(18)15-10-7-5-6-8-13-10/h5-8,11H,3-4,9H2,1-2H3,(H2,13,14,15,18). The van der Waals surface area contributed by atoms with Gasteiger partial charge in [0.25, 0.3) is 0 Å². The van der Waals surface area contributed by atoms with Gasteiger partial charge in [-0.15, -0.1) is 0 Å². The highest BCUT2D eigenvalue weighted by molar-refractivity contribution is 7.80. The summed E-state index contributed by atoms with van der Waals surface area (Å²) in [6, 6.07) is 5.58. The molecule has 0 aliphatic carbocycles. The molecule has 0 fully saturated rings. The lowest BCUT2D eigenvalue weighted by Gasteiger charge is -2.18. The fourth-order valence-electron chi connectivity index (χ4n) is 1.31. The van der Waals surface area contributed by atoms with Crippen molar-refractivity contribution in [1.29, 1.82) is 0 Å². The van der Waals surface area contributed by atoms with Gasteiger partial charge >= 0.3 is 0 Å². The maximum absolute atomic E-state index is 5.40. The van der Waals surface area contributed by atoms with Crippen molar-refractivity contribution < 1.29 is 9.47 Å². The highest BCUT2D eigenvalue weighted by atomic mass is 32.1. The molecule has 1 aromatic rings. The largest absolute Gasteiger partial charge is 0.357 e. The lowest BCUT2D eigenvalue weighted by Crippen LogP contribution is -2.37. The van der Waals surface area contributed by atoms with Gasteiger partial charge in [-0.05, 0) is 38.2 Å². The minimum Gasteiger partial charge on any atom is -0.357 e. The van der Waals surface area contributed by atoms with Gasteiger partial charge in [0.2, 0.25) is 0 Å². The Bertz CT molecular complexity index is 342. The van der Waals surface area contributed by atoms with Gasteiger partial charge in [0, 0.05) is 19.4 Å². The molecule has 0 atom stereocenters. The van der Waals surface area contributed by atoms with Gasteiger partial charge in [0.05, 0.1) is 6.54 Å². The molecular weight excluding hydrogens is 250 g/mol. The third-order valence-corrected chi connectivity index (χ3v) is 2.29. The molecule has 1 heterocycles. The van der Waals surface area contributed by atoms with Crippen molar-refractivity contribution in [2.75, 3.05) is 25.1 Å². The number of nitrogens with one attached hydrogen (secondary N) is 2. The van der Waals surface area contributed by atoms with E-state index in [1.165, 1.54) is 0 Å². The molecule has 0 aliphatic heterocycles. The van der Waals surface area contributed by atoms with Gasteiger partial charge in [0.1, 0.15) is 5.82 Å². The van der Waals surface area contributed by atoms with E-state index >= 15 is 0 Å². The van der Waals surface area contributed by atoms with Crippen LogP contribution in [0.1, 0.15) is 13.8 Å². The molecule has 0 aliphatic rings. The highest BCUT2D eigenvalue weighted by Crippen LogP contribution is 1.99. The van der Waals surface area contributed by atoms with Crippen LogP contribution in [0.5, 0.6) is 0 Å². The fourth-order valence-corrected chi connectivity index (χ4v) is 1.50. The molecule has 100 valence electrons. The van der Waals surface area contributed by atoms with Crippen LogP contribution in [0.25, 0.3) is 0 Å². The van der Waals surface area contributed by atoms with Crippen molar-refractivity contribution in [3.05, 3.63) is 24.4 Å². The molecule has 2 N–H and O–H groups in total. The second kappa shape index (κ2) is 8.79. The van der Waals surface area contributed by atoms with E-state index in [9.17, 15) is 0 Å². The molecule has 0 bridgehead atoms. The minimum atomic E-state index is -0.288.